The lowest BCUT2D eigenvalue weighted by Gasteiger charge is -2.26. The highest BCUT2D eigenvalue weighted by molar-refractivity contribution is 5.74. The molecule has 0 aliphatic heterocycles. The topological polar surface area (TPSA) is 35.5 Å². The Morgan fingerprint density at radius 3 is 2.40 bits per heavy atom. The minimum absolute atomic E-state index is 0.206. The van der Waals surface area contributed by atoms with Crippen LogP contribution in [-0.2, 0) is 14.3 Å². The van der Waals surface area contributed by atoms with E-state index >= 15 is 0 Å². The van der Waals surface area contributed by atoms with Crippen LogP contribution in [0.15, 0.2) is 0 Å². The van der Waals surface area contributed by atoms with Crippen LogP contribution in [0.1, 0.15) is 33.6 Å². The van der Waals surface area contributed by atoms with Crippen LogP contribution in [0.2, 0.25) is 0 Å². The molecule has 1 aliphatic carbocycles. The molecule has 1 rings (SSSR count). The van der Waals surface area contributed by atoms with Gasteiger partial charge in [0.2, 0.25) is 0 Å². The first-order chi connectivity index (χ1) is 9.03. The first kappa shape index (κ1) is 17.3. The average molecular weight is 294 g/mol. The van der Waals surface area contributed by atoms with Crippen LogP contribution in [0.4, 0.5) is 13.2 Å². The van der Waals surface area contributed by atoms with Crippen LogP contribution < -0.4 is 0 Å². The second-order valence-electron chi connectivity index (χ2n) is 6.00. The van der Waals surface area contributed by atoms with E-state index in [1.54, 1.807) is 0 Å². The van der Waals surface area contributed by atoms with Gasteiger partial charge in [-0.3, -0.25) is 4.79 Å². The molecule has 0 aromatic carbocycles. The van der Waals surface area contributed by atoms with Gasteiger partial charge < -0.3 is 9.47 Å². The molecule has 116 valence electrons. The van der Waals surface area contributed by atoms with E-state index in [4.69, 9.17) is 4.74 Å². The molecule has 0 heterocycles. The van der Waals surface area contributed by atoms with E-state index < -0.39 is 23.9 Å². The summed E-state index contributed by atoms with van der Waals surface area (Å²) in [6.45, 7) is 9.45. The summed E-state index contributed by atoms with van der Waals surface area (Å²) in [6.07, 6.45) is -2.16. The minimum Gasteiger partial charge on any atom is -0.376 e. The maximum absolute atomic E-state index is 12.2. The van der Waals surface area contributed by atoms with Gasteiger partial charge in [0, 0.05) is 0 Å². The van der Waals surface area contributed by atoms with Crippen molar-refractivity contribution in [1.29, 1.82) is 0 Å². The number of hydrogen-bond donors (Lipinski definition) is 0. The van der Waals surface area contributed by atoms with E-state index in [0.29, 0.717) is 12.8 Å². The number of alkyl halides is 3. The van der Waals surface area contributed by atoms with Crippen molar-refractivity contribution in [2.45, 2.75) is 45.6 Å². The Bertz CT molecular complexity index is 334. The number of carbonyl (C=O) groups is 1. The molecule has 0 aromatic heterocycles. The SMILES string of the molecule is [CH2]CC1C[CH]C(COC(C)(C)C)C1C(=O)OC(F)(F)F. The van der Waals surface area contributed by atoms with Crippen LogP contribution >= 0.6 is 0 Å². The third-order valence-electron chi connectivity index (χ3n) is 3.28. The van der Waals surface area contributed by atoms with Crippen LogP contribution in [-0.4, -0.2) is 24.5 Å². The van der Waals surface area contributed by atoms with Crippen LogP contribution in [0.3, 0.4) is 0 Å². The van der Waals surface area contributed by atoms with E-state index in [1.165, 1.54) is 0 Å². The molecule has 1 fully saturated rings. The molecule has 3 unspecified atom stereocenters. The summed E-state index contributed by atoms with van der Waals surface area (Å²) in [4.78, 5) is 11.7. The molecule has 3 atom stereocenters. The van der Waals surface area contributed by atoms with Crippen molar-refractivity contribution in [1.82, 2.24) is 0 Å². The molecular weight excluding hydrogens is 273 g/mol. The van der Waals surface area contributed by atoms with Crippen molar-refractivity contribution in [2.24, 2.45) is 17.8 Å². The van der Waals surface area contributed by atoms with Crippen LogP contribution in [0.5, 0.6) is 0 Å². The monoisotopic (exact) mass is 294 g/mol. The third kappa shape index (κ3) is 5.31. The van der Waals surface area contributed by atoms with Gasteiger partial charge in [-0.1, -0.05) is 6.92 Å². The van der Waals surface area contributed by atoms with E-state index in [1.807, 2.05) is 27.2 Å². The smallest absolute Gasteiger partial charge is 0.376 e. The van der Waals surface area contributed by atoms with E-state index in [0.717, 1.165) is 0 Å². The predicted molar refractivity (Wildman–Crippen MR) is 67.2 cm³/mol. The van der Waals surface area contributed by atoms with E-state index in [-0.39, 0.29) is 18.4 Å². The van der Waals surface area contributed by atoms with Crippen molar-refractivity contribution in [3.05, 3.63) is 13.3 Å². The van der Waals surface area contributed by atoms with Crippen molar-refractivity contribution >= 4 is 5.97 Å². The molecule has 6 heteroatoms. The van der Waals surface area contributed by atoms with E-state index in [2.05, 4.69) is 11.7 Å². The summed E-state index contributed by atoms with van der Waals surface area (Å²) in [5.41, 5.74) is -0.408. The van der Waals surface area contributed by atoms with Crippen molar-refractivity contribution in [3.63, 3.8) is 0 Å². The number of ether oxygens (including phenoxy) is 2. The number of hydrogen-bond acceptors (Lipinski definition) is 3. The van der Waals surface area contributed by atoms with Gasteiger partial charge in [-0.15, -0.1) is 13.2 Å². The first-order valence-electron chi connectivity index (χ1n) is 6.59. The van der Waals surface area contributed by atoms with Crippen molar-refractivity contribution in [2.75, 3.05) is 6.61 Å². The summed E-state index contributed by atoms with van der Waals surface area (Å²) in [7, 11) is 0. The van der Waals surface area contributed by atoms with Gasteiger partial charge in [0.25, 0.3) is 0 Å². The quantitative estimate of drug-likeness (QED) is 0.744. The molecule has 0 aromatic rings. The Hall–Kier alpha value is -0.780. The Kier molecular flexibility index (Phi) is 5.46. The summed E-state index contributed by atoms with van der Waals surface area (Å²) >= 11 is 0. The van der Waals surface area contributed by atoms with E-state index in [9.17, 15) is 18.0 Å². The fourth-order valence-corrected chi connectivity index (χ4v) is 2.36. The largest absolute Gasteiger partial charge is 0.575 e. The second kappa shape index (κ2) is 6.33. The van der Waals surface area contributed by atoms with Crippen LogP contribution in [0, 0.1) is 31.1 Å². The zero-order valence-corrected chi connectivity index (χ0v) is 12.0. The summed E-state index contributed by atoms with van der Waals surface area (Å²) in [5.74, 6) is -2.66. The van der Waals surface area contributed by atoms with Gasteiger partial charge in [-0.05, 0) is 51.9 Å². The molecule has 0 spiro atoms. The second-order valence-corrected chi connectivity index (χ2v) is 6.00. The average Bonchev–Trinajstić information content (AvgIpc) is 2.65. The molecule has 0 N–H and O–H groups in total. The third-order valence-corrected chi connectivity index (χ3v) is 3.28. The van der Waals surface area contributed by atoms with Gasteiger partial charge in [-0.25, -0.2) is 0 Å². The number of esters is 1. The highest BCUT2D eigenvalue weighted by Gasteiger charge is 2.45. The molecule has 0 saturated heterocycles. The van der Waals surface area contributed by atoms with Crippen molar-refractivity contribution < 1.29 is 27.4 Å². The highest BCUT2D eigenvalue weighted by atomic mass is 19.4. The first-order valence-corrected chi connectivity index (χ1v) is 6.59. The van der Waals surface area contributed by atoms with Gasteiger partial charge in [-0.2, -0.15) is 0 Å². The Morgan fingerprint density at radius 2 is 1.95 bits per heavy atom. The maximum Gasteiger partial charge on any atom is 0.575 e. The predicted octanol–water partition coefficient (Wildman–Crippen LogP) is 3.55. The standard InChI is InChI=1S/C14H21F3O3/c1-5-9-6-7-10(8-19-13(2,3)4)11(9)12(18)20-14(15,16)17/h7,9-11H,1,5-6,8H2,2-4H3. The zero-order valence-electron chi connectivity index (χ0n) is 12.0. The molecule has 20 heavy (non-hydrogen) atoms. The minimum atomic E-state index is -4.94. The fourth-order valence-electron chi connectivity index (χ4n) is 2.36. The molecular formula is C14H21F3O3. The molecule has 0 bridgehead atoms. The lowest BCUT2D eigenvalue weighted by atomic mass is 9.88. The fraction of sp³-hybridized carbons (Fsp3) is 0.786. The molecule has 1 saturated carbocycles. The Morgan fingerprint density at radius 1 is 1.35 bits per heavy atom. The van der Waals surface area contributed by atoms with Crippen molar-refractivity contribution in [3.8, 4) is 0 Å². The zero-order chi connectivity index (χ0) is 15.6. The van der Waals surface area contributed by atoms with Gasteiger partial charge >= 0.3 is 12.3 Å². The summed E-state index contributed by atoms with van der Waals surface area (Å²) in [5, 5.41) is 0. The molecule has 3 nitrogen and oxygen atoms in total. The Labute approximate surface area is 117 Å². The lowest BCUT2D eigenvalue weighted by Crippen LogP contribution is -2.34. The normalized spacial score (nSPS) is 27.6. The Balaban J connectivity index is 2.71. The molecule has 1 aliphatic rings. The van der Waals surface area contributed by atoms with Gasteiger partial charge in [0.15, 0.2) is 0 Å². The lowest BCUT2D eigenvalue weighted by molar-refractivity contribution is -0.309. The number of carbonyl (C=O) groups excluding carboxylic acids is 1. The number of halogens is 3. The maximum atomic E-state index is 12.2. The summed E-state index contributed by atoms with van der Waals surface area (Å²) in [6, 6.07) is 0. The summed E-state index contributed by atoms with van der Waals surface area (Å²) < 4.78 is 45.7. The van der Waals surface area contributed by atoms with Gasteiger partial charge in [0.05, 0.1) is 18.1 Å². The van der Waals surface area contributed by atoms with Gasteiger partial charge in [0.1, 0.15) is 0 Å². The molecule has 2 radical (unpaired) electrons. The van der Waals surface area contributed by atoms with Crippen LogP contribution in [0.25, 0.3) is 0 Å². The number of rotatable bonds is 4. The molecule has 0 amide bonds. The highest BCUT2D eigenvalue weighted by Crippen LogP contribution is 2.40.